The average molecular weight is 1410 g/mol. The number of methoxy groups -OCH3 is 1. The predicted octanol–water partition coefficient (Wildman–Crippen LogP) is 2.30. The maximum atomic E-state index is 15.1. The number of aliphatic hydroxyl groups excluding tert-OH is 1. The fourth-order valence-corrected chi connectivity index (χ4v) is 14.9. The molecule has 4 aliphatic rings. The molecule has 10 unspecified atom stereocenters. The van der Waals surface area contributed by atoms with E-state index in [-0.39, 0.29) is 110 Å². The number of aromatic nitrogens is 7. The molecule has 1 saturated heterocycles. The predicted molar refractivity (Wildman–Crippen MR) is 336 cm³/mol. The number of pyridine rings is 1. The number of rotatable bonds is 6. The van der Waals surface area contributed by atoms with Gasteiger partial charge in [-0.1, -0.05) is 12.1 Å². The van der Waals surface area contributed by atoms with Gasteiger partial charge in [0.2, 0.25) is 5.91 Å². The van der Waals surface area contributed by atoms with Gasteiger partial charge in [0.1, 0.15) is 120 Å². The molecule has 33 nitrogen and oxygen atoms in total. The Morgan fingerprint density at radius 1 is 0.833 bits per heavy atom. The van der Waals surface area contributed by atoms with Crippen LogP contribution in [0.4, 0.5) is 0 Å². The fraction of sp³-hybridized carbons (Fsp3) is 0.328. The molecular formula is C58H54N14O19S5. The van der Waals surface area contributed by atoms with Crippen LogP contribution in [0.25, 0.3) is 49.3 Å². The van der Waals surface area contributed by atoms with Gasteiger partial charge in [0.25, 0.3) is 23.6 Å². The fourth-order valence-electron chi connectivity index (χ4n) is 10.7. The molecule has 8 aromatic rings. The number of esters is 2. The summed E-state index contributed by atoms with van der Waals surface area (Å²) in [6.45, 7) is 3.87. The summed E-state index contributed by atoms with van der Waals surface area (Å²) in [5.41, 5.74) is 7.86. The van der Waals surface area contributed by atoms with E-state index in [0.717, 1.165) is 56.7 Å². The minimum Gasteiger partial charge on any atom is -0.506 e. The zero-order valence-electron chi connectivity index (χ0n) is 50.5. The summed E-state index contributed by atoms with van der Waals surface area (Å²) >= 11 is 4.27. The van der Waals surface area contributed by atoms with Crippen molar-refractivity contribution < 1.29 is 92.1 Å². The Hall–Kier alpha value is -9.61. The third-order valence-electron chi connectivity index (χ3n) is 15.8. The van der Waals surface area contributed by atoms with Crippen LogP contribution < -0.4 is 38.1 Å². The summed E-state index contributed by atoms with van der Waals surface area (Å²) in [5, 5.41) is 65.8. The number of imide groups is 1. The second kappa shape index (κ2) is 26.5. The number of nitrogens with zero attached hydrogens (tertiary/aromatic N) is 7. The second-order valence-corrected chi connectivity index (χ2v) is 26.6. The van der Waals surface area contributed by atoms with Crippen LogP contribution in [0.3, 0.4) is 0 Å². The third-order valence-corrected chi connectivity index (χ3v) is 20.3. The largest absolute Gasteiger partial charge is 0.506 e. The van der Waals surface area contributed by atoms with E-state index in [4.69, 9.17) is 54.8 Å². The zero-order valence-corrected chi connectivity index (χ0v) is 54.5. The number of allylic oxidation sites excluding steroid dienone is 1. The molecule has 0 radical (unpaired) electrons. The number of aromatic hydroxyl groups is 1. The summed E-state index contributed by atoms with van der Waals surface area (Å²) in [7, 11) is 1.29. The summed E-state index contributed by atoms with van der Waals surface area (Å²) in [5.74, 6) is -10.6. The number of thiazole rings is 5. The van der Waals surface area contributed by atoms with E-state index in [1.807, 2.05) is 0 Å². The van der Waals surface area contributed by atoms with Crippen LogP contribution in [0.2, 0.25) is 0 Å². The van der Waals surface area contributed by atoms with Gasteiger partial charge in [-0.3, -0.25) is 38.9 Å². The van der Waals surface area contributed by atoms with Gasteiger partial charge in [0, 0.05) is 49.8 Å². The van der Waals surface area contributed by atoms with Gasteiger partial charge < -0.3 is 81.7 Å². The van der Waals surface area contributed by atoms with Gasteiger partial charge in [-0.2, -0.15) is 4.73 Å². The van der Waals surface area contributed by atoms with Crippen molar-refractivity contribution in [2.24, 2.45) is 11.5 Å². The number of hydrogen-bond donors (Lipinski definition) is 11. The summed E-state index contributed by atoms with van der Waals surface area (Å²) < 4.78 is 37.6. The van der Waals surface area contributed by atoms with E-state index in [2.05, 4.69) is 36.2 Å². The standard InChI is InChI=1S/C58H54N14O19S5/c1-19(73)35-49(80)69-36(20(2)86-5)53-64-29(17-94-53)47(78)70-39-41-42(91-33-10-58(4,84)43(59)21(3)90-33)57(83)88-11-22-7-6-8-31-34(22)24(12-87-41)40(72(31)85)56(82)89-13-25(61-45(76)27-16-96-55(39)66-27)52-62-26(14-93-52)37-23(51-63-28(15-92-51)46(77)68-35)9-32(74)38(67-37)54-65-30(18-95-54)48(79)71-50(81)44(60)75/h6-9,14-19,21,25,33,35,39,41-43,73-74,84-85H,10-13,59H2,1-5H3,(H2,60,75)(H,61,76)(H,68,77)(H,69,80)(H,70,78)(H,71,79,81). The van der Waals surface area contributed by atoms with E-state index in [9.17, 15) is 58.9 Å². The lowest BCUT2D eigenvalue weighted by Gasteiger charge is -2.44. The highest BCUT2D eigenvalue weighted by molar-refractivity contribution is 7.14. The lowest BCUT2D eigenvalue weighted by Crippen LogP contribution is -2.61. The first kappa shape index (κ1) is 66.4. The number of carbonyl (C=O) groups excluding carboxylic acids is 9. The first-order valence-electron chi connectivity index (χ1n) is 28.7. The van der Waals surface area contributed by atoms with Crippen molar-refractivity contribution in [2.45, 2.75) is 108 Å². The minimum absolute atomic E-state index is 0.00135. The third kappa shape index (κ3) is 12.9. The first-order chi connectivity index (χ1) is 45.8. The first-order valence-corrected chi connectivity index (χ1v) is 33.1. The Bertz CT molecular complexity index is 4550. The summed E-state index contributed by atoms with van der Waals surface area (Å²) in [4.78, 5) is 153. The second-order valence-electron chi connectivity index (χ2n) is 22.3. The number of benzene rings is 1. The van der Waals surface area contributed by atoms with E-state index in [0.29, 0.717) is 4.73 Å². The normalized spacial score (nSPS) is 24.2. The van der Waals surface area contributed by atoms with E-state index in [1.54, 1.807) is 18.3 Å². The van der Waals surface area contributed by atoms with Crippen LogP contribution in [-0.2, 0) is 60.8 Å². The molecule has 7 aromatic heterocycles. The van der Waals surface area contributed by atoms with Crippen LogP contribution in [0.1, 0.15) is 125 Å². The molecule has 500 valence electrons. The molecule has 11 heterocycles. The molecule has 4 aliphatic heterocycles. The highest BCUT2D eigenvalue weighted by Crippen LogP contribution is 2.43. The number of nitrogens with two attached hydrogens (primary N) is 2. The number of primary amides is 1. The molecule has 1 aromatic carbocycles. The van der Waals surface area contributed by atoms with Gasteiger partial charge in [0.15, 0.2) is 18.1 Å². The SMILES string of the molecule is COC(C)=C1NC(=O)C(C(C)O)NC(=O)c2csc(n2)-c2cc(O)c(-c3nc(C(=O)NC(=O)C(N)=O)cs3)nc2-c2csc(n2)C2COC(=O)c3c4c5c(cccc5n3O)COC(=O)C(OC3CC(C)(O)C(N)C(C)O3)C(OC4)C(NC(=O)c3csc1n3)c1nc(cs1)C(=O)N2. The molecule has 38 heteroatoms. The van der Waals surface area contributed by atoms with Crippen molar-refractivity contribution >= 4 is 127 Å². The number of ether oxygens (including phenoxy) is 6. The van der Waals surface area contributed by atoms with Gasteiger partial charge in [0.05, 0.1) is 43.1 Å². The van der Waals surface area contributed by atoms with Crippen molar-refractivity contribution in [1.82, 2.24) is 61.2 Å². The number of aliphatic hydroxyl groups is 2. The van der Waals surface area contributed by atoms with Crippen molar-refractivity contribution in [2.75, 3.05) is 13.7 Å². The van der Waals surface area contributed by atoms with Crippen LogP contribution in [0.15, 0.2) is 56.9 Å². The topological polar surface area (TPSA) is 484 Å². The molecule has 0 spiro atoms. The number of carbonyl (C=O) groups is 9. The minimum atomic E-state index is -1.95. The summed E-state index contributed by atoms with van der Waals surface area (Å²) in [6, 6.07) is 0.103. The molecule has 12 bridgehead atoms. The number of cyclic esters (lactones) is 2. The van der Waals surface area contributed by atoms with Crippen molar-refractivity contribution in [3.8, 4) is 38.4 Å². The lowest BCUT2D eigenvalue weighted by atomic mass is 9.87. The quantitative estimate of drug-likeness (QED) is 0.0492. The molecule has 0 aliphatic carbocycles. The van der Waals surface area contributed by atoms with Gasteiger partial charge in [-0.05, 0) is 45.4 Å². The molecule has 7 amide bonds. The highest BCUT2D eigenvalue weighted by Gasteiger charge is 2.49. The monoisotopic (exact) mass is 1410 g/mol. The maximum Gasteiger partial charge on any atom is 0.358 e. The van der Waals surface area contributed by atoms with Crippen LogP contribution in [-0.4, -0.2) is 171 Å². The Labute approximate surface area is 559 Å². The molecule has 12 rings (SSSR count). The number of hydrogen-bond acceptors (Lipinski definition) is 31. The smallest absolute Gasteiger partial charge is 0.358 e. The van der Waals surface area contributed by atoms with Crippen LogP contribution >= 0.6 is 56.7 Å². The average Bonchev–Trinajstić information content (AvgIpc) is 1.62. The summed E-state index contributed by atoms with van der Waals surface area (Å²) in [6.07, 6.45) is -7.91. The number of fused-ring (bicyclic) bond motifs is 15. The Kier molecular flexibility index (Phi) is 18.4. The van der Waals surface area contributed by atoms with E-state index >= 15 is 4.79 Å². The molecule has 10 atom stereocenters. The van der Waals surface area contributed by atoms with E-state index < -0.39 is 145 Å². The van der Waals surface area contributed by atoms with E-state index in [1.165, 1.54) is 73.0 Å². The van der Waals surface area contributed by atoms with Crippen LogP contribution in [0, 0.1) is 0 Å². The number of amides is 7. The molecule has 1 fully saturated rings. The molecule has 0 saturated carbocycles. The van der Waals surface area contributed by atoms with Crippen molar-refractivity contribution in [3.63, 3.8) is 0 Å². The van der Waals surface area contributed by atoms with Crippen LogP contribution in [0.5, 0.6) is 5.75 Å². The van der Waals surface area contributed by atoms with Gasteiger partial charge >= 0.3 is 23.8 Å². The Balaban J connectivity index is 1.04. The van der Waals surface area contributed by atoms with Gasteiger partial charge in [-0.15, -0.1) is 56.7 Å². The maximum absolute atomic E-state index is 15.1. The molecule has 96 heavy (non-hydrogen) atoms. The number of nitrogens with one attached hydrogen (secondary N) is 5. The lowest BCUT2D eigenvalue weighted by molar-refractivity contribution is -0.269. The Morgan fingerprint density at radius 2 is 1.50 bits per heavy atom. The zero-order chi connectivity index (χ0) is 68.3. The van der Waals surface area contributed by atoms with Crippen molar-refractivity contribution in [1.29, 1.82) is 0 Å². The molecule has 13 N–H and O–H groups in total. The molecular weight excluding hydrogens is 1360 g/mol. The highest BCUT2D eigenvalue weighted by atomic mass is 32.1. The van der Waals surface area contributed by atoms with Crippen molar-refractivity contribution in [3.05, 3.63) is 112 Å². The Morgan fingerprint density at radius 3 is 2.23 bits per heavy atom. The van der Waals surface area contributed by atoms with Gasteiger partial charge in [-0.25, -0.2) is 39.5 Å².